The van der Waals surface area contributed by atoms with Gasteiger partial charge in [-0.15, -0.1) is 11.3 Å². The lowest BCUT2D eigenvalue weighted by molar-refractivity contribution is -0.139. The van der Waals surface area contributed by atoms with Crippen molar-refractivity contribution in [1.29, 1.82) is 0 Å². The van der Waals surface area contributed by atoms with Gasteiger partial charge in [0.1, 0.15) is 6.04 Å². The van der Waals surface area contributed by atoms with E-state index in [0.717, 1.165) is 23.5 Å². The van der Waals surface area contributed by atoms with Crippen LogP contribution in [0.1, 0.15) is 16.5 Å². The molecule has 1 heterocycles. The minimum Gasteiger partial charge on any atom is -0.480 e. The predicted octanol–water partition coefficient (Wildman–Crippen LogP) is 3.00. The maximum absolute atomic E-state index is 12.5. The van der Waals surface area contributed by atoms with Gasteiger partial charge in [0.2, 0.25) is 0 Å². The van der Waals surface area contributed by atoms with Crippen LogP contribution in [-0.2, 0) is 11.0 Å². The molecule has 3 nitrogen and oxygen atoms in total. The summed E-state index contributed by atoms with van der Waals surface area (Å²) < 4.78 is 37.9. The SMILES string of the molecule is NC(C(=O)O)c1cc2ccc(C(F)(F)F)cc2s1. The third-order valence-electron chi connectivity index (χ3n) is 2.44. The molecular formula is C11H8F3NO2S. The lowest BCUT2D eigenvalue weighted by Crippen LogP contribution is -2.19. The average molecular weight is 275 g/mol. The van der Waals surface area contributed by atoms with Crippen LogP contribution in [-0.4, -0.2) is 11.1 Å². The van der Waals surface area contributed by atoms with Gasteiger partial charge >= 0.3 is 12.1 Å². The molecule has 18 heavy (non-hydrogen) atoms. The first-order chi connectivity index (χ1) is 8.29. The number of hydrogen-bond donors (Lipinski definition) is 2. The standard InChI is InChI=1S/C11H8F3NO2S/c12-11(13,14)6-2-1-5-3-8(9(15)10(16)17)18-7(5)4-6/h1-4,9H,15H2,(H,16,17). The largest absolute Gasteiger partial charge is 0.480 e. The maximum atomic E-state index is 12.5. The second-order valence-electron chi connectivity index (χ2n) is 3.72. The number of aliphatic carboxylic acids is 1. The van der Waals surface area contributed by atoms with Gasteiger partial charge in [-0.25, -0.2) is 0 Å². The number of nitrogens with two attached hydrogens (primary N) is 1. The minimum absolute atomic E-state index is 0.330. The summed E-state index contributed by atoms with van der Waals surface area (Å²) in [5.41, 5.74) is 4.66. The van der Waals surface area contributed by atoms with E-state index in [1.807, 2.05) is 0 Å². The molecule has 0 amide bonds. The van der Waals surface area contributed by atoms with E-state index >= 15 is 0 Å². The summed E-state index contributed by atoms with van der Waals surface area (Å²) in [6.07, 6.45) is -4.41. The van der Waals surface area contributed by atoms with Crippen molar-refractivity contribution in [3.63, 3.8) is 0 Å². The number of rotatable bonds is 2. The van der Waals surface area contributed by atoms with Gasteiger partial charge in [0.25, 0.3) is 0 Å². The Morgan fingerprint density at radius 1 is 1.33 bits per heavy atom. The van der Waals surface area contributed by atoms with E-state index in [1.165, 1.54) is 12.1 Å². The molecule has 1 unspecified atom stereocenters. The molecule has 7 heteroatoms. The van der Waals surface area contributed by atoms with E-state index in [1.54, 1.807) is 0 Å². The highest BCUT2D eigenvalue weighted by Crippen LogP contribution is 2.35. The molecule has 2 aromatic rings. The molecule has 0 aliphatic carbocycles. The summed E-state index contributed by atoms with van der Waals surface area (Å²) in [4.78, 5) is 11.0. The normalized spacial score (nSPS) is 13.8. The third-order valence-corrected chi connectivity index (χ3v) is 3.62. The Bertz CT molecular complexity index is 606. The predicted molar refractivity (Wildman–Crippen MR) is 61.4 cm³/mol. The maximum Gasteiger partial charge on any atom is 0.416 e. The Morgan fingerprint density at radius 3 is 2.56 bits per heavy atom. The monoisotopic (exact) mass is 275 g/mol. The van der Waals surface area contributed by atoms with Crippen LogP contribution in [0, 0.1) is 0 Å². The van der Waals surface area contributed by atoms with Gasteiger partial charge in [-0.1, -0.05) is 6.07 Å². The molecule has 0 fully saturated rings. The highest BCUT2D eigenvalue weighted by molar-refractivity contribution is 7.19. The molecule has 1 aromatic heterocycles. The van der Waals surface area contributed by atoms with Gasteiger partial charge in [-0.2, -0.15) is 13.2 Å². The van der Waals surface area contributed by atoms with Crippen molar-refractivity contribution in [1.82, 2.24) is 0 Å². The van der Waals surface area contributed by atoms with E-state index < -0.39 is 23.8 Å². The van der Waals surface area contributed by atoms with E-state index in [-0.39, 0.29) is 0 Å². The second kappa shape index (κ2) is 4.25. The lowest BCUT2D eigenvalue weighted by Gasteiger charge is -2.05. The van der Waals surface area contributed by atoms with Crippen LogP contribution in [0.25, 0.3) is 10.1 Å². The van der Waals surface area contributed by atoms with Gasteiger partial charge in [-0.3, -0.25) is 4.79 Å². The molecule has 0 bridgehead atoms. The molecular weight excluding hydrogens is 267 g/mol. The summed E-state index contributed by atoms with van der Waals surface area (Å²) in [6, 6.07) is 3.56. The molecule has 96 valence electrons. The molecule has 1 aromatic carbocycles. The van der Waals surface area contributed by atoms with Crippen LogP contribution in [0.5, 0.6) is 0 Å². The van der Waals surface area contributed by atoms with Crippen molar-refractivity contribution >= 4 is 27.4 Å². The molecule has 0 aliphatic rings. The van der Waals surface area contributed by atoms with E-state index in [9.17, 15) is 18.0 Å². The van der Waals surface area contributed by atoms with Crippen molar-refractivity contribution in [2.24, 2.45) is 5.73 Å². The van der Waals surface area contributed by atoms with Crippen molar-refractivity contribution in [2.75, 3.05) is 0 Å². The van der Waals surface area contributed by atoms with Crippen LogP contribution in [0.3, 0.4) is 0 Å². The summed E-state index contributed by atoms with van der Waals surface area (Å²) in [6.45, 7) is 0. The molecule has 1 atom stereocenters. The summed E-state index contributed by atoms with van der Waals surface area (Å²) in [7, 11) is 0. The van der Waals surface area contributed by atoms with Crippen molar-refractivity contribution in [3.05, 3.63) is 34.7 Å². The molecule has 0 saturated heterocycles. The number of hydrogen-bond acceptors (Lipinski definition) is 3. The lowest BCUT2D eigenvalue weighted by atomic mass is 10.1. The first kappa shape index (κ1) is 12.8. The number of halogens is 3. The molecule has 3 N–H and O–H groups in total. The van der Waals surface area contributed by atoms with Gasteiger partial charge in [0.15, 0.2) is 0 Å². The average Bonchev–Trinajstić information content (AvgIpc) is 2.68. The Morgan fingerprint density at radius 2 is 2.00 bits per heavy atom. The van der Waals surface area contributed by atoms with Crippen LogP contribution in [0.2, 0.25) is 0 Å². The first-order valence-electron chi connectivity index (χ1n) is 4.88. The minimum atomic E-state index is -4.41. The van der Waals surface area contributed by atoms with Crippen molar-refractivity contribution in [3.8, 4) is 0 Å². The summed E-state index contributed by atoms with van der Waals surface area (Å²) in [5.74, 6) is -1.21. The molecule has 0 spiro atoms. The van der Waals surface area contributed by atoms with E-state index in [2.05, 4.69) is 0 Å². The number of carboxylic acid groups (broad SMARTS) is 1. The summed E-state index contributed by atoms with van der Waals surface area (Å²) >= 11 is 0.958. The Balaban J connectivity index is 2.49. The van der Waals surface area contributed by atoms with E-state index in [4.69, 9.17) is 10.8 Å². The number of alkyl halides is 3. The summed E-state index contributed by atoms with van der Waals surface area (Å²) in [5, 5.41) is 9.30. The Labute approximate surface area is 104 Å². The highest BCUT2D eigenvalue weighted by Gasteiger charge is 2.30. The Hall–Kier alpha value is -1.60. The van der Waals surface area contributed by atoms with Crippen LogP contribution >= 0.6 is 11.3 Å². The fraction of sp³-hybridized carbons (Fsp3) is 0.182. The van der Waals surface area contributed by atoms with Crippen molar-refractivity contribution in [2.45, 2.75) is 12.2 Å². The van der Waals surface area contributed by atoms with Crippen LogP contribution < -0.4 is 5.73 Å². The zero-order valence-corrected chi connectivity index (χ0v) is 9.68. The number of carboxylic acids is 1. The van der Waals surface area contributed by atoms with Gasteiger partial charge < -0.3 is 10.8 Å². The number of benzene rings is 1. The number of fused-ring (bicyclic) bond motifs is 1. The van der Waals surface area contributed by atoms with Gasteiger partial charge in [-0.05, 0) is 23.6 Å². The van der Waals surface area contributed by atoms with Gasteiger partial charge in [0.05, 0.1) is 5.56 Å². The smallest absolute Gasteiger partial charge is 0.416 e. The number of carbonyl (C=O) groups is 1. The second-order valence-corrected chi connectivity index (χ2v) is 4.83. The first-order valence-corrected chi connectivity index (χ1v) is 5.70. The van der Waals surface area contributed by atoms with E-state index in [0.29, 0.717) is 15.0 Å². The fourth-order valence-electron chi connectivity index (χ4n) is 1.50. The Kier molecular flexibility index (Phi) is 3.04. The van der Waals surface area contributed by atoms with Crippen LogP contribution in [0.15, 0.2) is 24.3 Å². The zero-order valence-electron chi connectivity index (χ0n) is 8.86. The quantitative estimate of drug-likeness (QED) is 0.885. The number of thiophene rings is 1. The highest BCUT2D eigenvalue weighted by atomic mass is 32.1. The van der Waals surface area contributed by atoms with Crippen molar-refractivity contribution < 1.29 is 23.1 Å². The molecule has 0 radical (unpaired) electrons. The molecule has 2 rings (SSSR count). The third kappa shape index (κ3) is 2.32. The van der Waals surface area contributed by atoms with Gasteiger partial charge in [0, 0.05) is 9.58 Å². The van der Waals surface area contributed by atoms with Crippen LogP contribution in [0.4, 0.5) is 13.2 Å². The molecule has 0 aliphatic heterocycles. The zero-order chi connectivity index (χ0) is 13.5. The fourth-order valence-corrected chi connectivity index (χ4v) is 2.60. The topological polar surface area (TPSA) is 63.3 Å². The molecule has 0 saturated carbocycles.